The van der Waals surface area contributed by atoms with E-state index in [1.54, 1.807) is 0 Å². The maximum Gasteiger partial charge on any atom is 0.317 e. The average Bonchev–Trinajstić information content (AvgIpc) is 3.00. The molecule has 0 unspecified atom stereocenters. The Morgan fingerprint density at radius 1 is 1.53 bits per heavy atom. The summed E-state index contributed by atoms with van der Waals surface area (Å²) in [6, 6.07) is 2.66. The monoisotopic (exact) mass is 236 g/mol. The number of hydrogen-bond donors (Lipinski definition) is 2. The van der Waals surface area contributed by atoms with Crippen molar-refractivity contribution < 1.29 is 9.90 Å². The van der Waals surface area contributed by atoms with E-state index in [-0.39, 0.29) is 6.54 Å². The molecule has 0 spiro atoms. The first-order valence-corrected chi connectivity index (χ1v) is 6.17. The number of aromatic amines is 1. The number of carboxylic acids is 1. The summed E-state index contributed by atoms with van der Waals surface area (Å²) in [5, 5.41) is 8.87. The van der Waals surface area contributed by atoms with Crippen LogP contribution in [0.1, 0.15) is 29.8 Å². The molecule has 0 bridgehead atoms. The summed E-state index contributed by atoms with van der Waals surface area (Å²) in [5.74, 6) is -0.723. The van der Waals surface area contributed by atoms with Gasteiger partial charge in [0.05, 0.1) is 6.54 Å². The van der Waals surface area contributed by atoms with Crippen molar-refractivity contribution in [3.05, 3.63) is 23.0 Å². The van der Waals surface area contributed by atoms with Gasteiger partial charge in [-0.05, 0) is 44.7 Å². The second-order valence-corrected chi connectivity index (χ2v) is 4.95. The van der Waals surface area contributed by atoms with Crippen molar-refractivity contribution in [2.45, 2.75) is 39.2 Å². The molecule has 1 saturated carbocycles. The lowest BCUT2D eigenvalue weighted by molar-refractivity contribution is -0.138. The minimum atomic E-state index is -0.723. The molecular weight excluding hydrogens is 216 g/mol. The number of carboxylic acid groups (broad SMARTS) is 1. The topological polar surface area (TPSA) is 56.3 Å². The number of aromatic nitrogens is 1. The number of nitrogens with one attached hydrogen (secondary N) is 1. The molecule has 0 saturated heterocycles. The Balaban J connectivity index is 1.90. The number of aliphatic carboxylic acids is 1. The summed E-state index contributed by atoms with van der Waals surface area (Å²) in [6.45, 7) is 5.13. The van der Waals surface area contributed by atoms with E-state index in [0.717, 1.165) is 25.8 Å². The molecule has 4 heteroatoms. The molecule has 0 radical (unpaired) electrons. The van der Waals surface area contributed by atoms with E-state index in [1.165, 1.54) is 17.0 Å². The van der Waals surface area contributed by atoms with Gasteiger partial charge in [0.25, 0.3) is 0 Å². The van der Waals surface area contributed by atoms with Crippen LogP contribution in [0.4, 0.5) is 0 Å². The lowest BCUT2D eigenvalue weighted by Crippen LogP contribution is -2.33. The van der Waals surface area contributed by atoms with Crippen LogP contribution in [0.5, 0.6) is 0 Å². The fourth-order valence-electron chi connectivity index (χ4n) is 2.31. The van der Waals surface area contributed by atoms with Gasteiger partial charge in [-0.1, -0.05) is 0 Å². The van der Waals surface area contributed by atoms with Gasteiger partial charge in [-0.25, -0.2) is 0 Å². The van der Waals surface area contributed by atoms with Crippen LogP contribution < -0.4 is 0 Å². The van der Waals surface area contributed by atoms with Crippen molar-refractivity contribution in [2.75, 3.05) is 13.1 Å². The Labute approximate surface area is 102 Å². The normalized spacial score (nSPS) is 15.5. The maximum atomic E-state index is 10.8. The van der Waals surface area contributed by atoms with Crippen LogP contribution in [-0.4, -0.2) is 40.1 Å². The zero-order chi connectivity index (χ0) is 12.4. The van der Waals surface area contributed by atoms with Crippen LogP contribution in [0.3, 0.4) is 0 Å². The molecule has 1 aliphatic carbocycles. The summed E-state index contributed by atoms with van der Waals surface area (Å²) in [4.78, 5) is 16.1. The van der Waals surface area contributed by atoms with E-state index in [1.807, 2.05) is 6.92 Å². The molecule has 1 heterocycles. The number of hydrogen-bond acceptors (Lipinski definition) is 2. The molecule has 17 heavy (non-hydrogen) atoms. The molecule has 2 N–H and O–H groups in total. The van der Waals surface area contributed by atoms with E-state index < -0.39 is 5.97 Å². The van der Waals surface area contributed by atoms with Crippen LogP contribution in [-0.2, 0) is 11.2 Å². The van der Waals surface area contributed by atoms with Gasteiger partial charge in [0.2, 0.25) is 0 Å². The Morgan fingerprint density at radius 3 is 2.71 bits per heavy atom. The molecule has 1 aromatic heterocycles. The quantitative estimate of drug-likeness (QED) is 0.790. The predicted octanol–water partition coefficient (Wildman–Crippen LogP) is 1.72. The summed E-state index contributed by atoms with van der Waals surface area (Å²) in [5.41, 5.74) is 3.68. The van der Waals surface area contributed by atoms with E-state index >= 15 is 0 Å². The third-order valence-electron chi connectivity index (χ3n) is 3.33. The van der Waals surface area contributed by atoms with Gasteiger partial charge in [-0.2, -0.15) is 0 Å². The van der Waals surface area contributed by atoms with Gasteiger partial charge < -0.3 is 10.1 Å². The molecule has 2 rings (SSSR count). The van der Waals surface area contributed by atoms with Crippen LogP contribution in [0, 0.1) is 13.8 Å². The molecule has 0 amide bonds. The Morgan fingerprint density at radius 2 is 2.24 bits per heavy atom. The van der Waals surface area contributed by atoms with Crippen molar-refractivity contribution in [3.63, 3.8) is 0 Å². The van der Waals surface area contributed by atoms with E-state index in [0.29, 0.717) is 6.04 Å². The van der Waals surface area contributed by atoms with Crippen LogP contribution in [0.15, 0.2) is 6.07 Å². The zero-order valence-corrected chi connectivity index (χ0v) is 10.5. The van der Waals surface area contributed by atoms with Crippen molar-refractivity contribution in [1.82, 2.24) is 9.88 Å². The summed E-state index contributed by atoms with van der Waals surface area (Å²) < 4.78 is 0. The van der Waals surface area contributed by atoms with Crippen LogP contribution in [0.2, 0.25) is 0 Å². The van der Waals surface area contributed by atoms with E-state index in [4.69, 9.17) is 5.11 Å². The van der Waals surface area contributed by atoms with Crippen molar-refractivity contribution in [1.29, 1.82) is 0 Å². The average molecular weight is 236 g/mol. The van der Waals surface area contributed by atoms with Gasteiger partial charge >= 0.3 is 5.97 Å². The number of rotatable bonds is 6. The third kappa shape index (κ3) is 3.33. The molecule has 1 fully saturated rings. The highest BCUT2D eigenvalue weighted by Gasteiger charge is 2.29. The van der Waals surface area contributed by atoms with Crippen molar-refractivity contribution in [3.8, 4) is 0 Å². The zero-order valence-electron chi connectivity index (χ0n) is 10.5. The highest BCUT2D eigenvalue weighted by atomic mass is 16.4. The maximum absolute atomic E-state index is 10.8. The molecular formula is C13H20N2O2. The second-order valence-electron chi connectivity index (χ2n) is 4.95. The Kier molecular flexibility index (Phi) is 3.52. The van der Waals surface area contributed by atoms with Gasteiger partial charge in [-0.3, -0.25) is 9.69 Å². The molecule has 94 valence electrons. The smallest absolute Gasteiger partial charge is 0.317 e. The minimum Gasteiger partial charge on any atom is -0.480 e. The number of aryl methyl sites for hydroxylation is 2. The molecule has 4 nitrogen and oxygen atoms in total. The van der Waals surface area contributed by atoms with Crippen molar-refractivity contribution in [2.24, 2.45) is 0 Å². The van der Waals surface area contributed by atoms with Crippen molar-refractivity contribution >= 4 is 5.97 Å². The first-order chi connectivity index (χ1) is 8.06. The lowest BCUT2D eigenvalue weighted by Gasteiger charge is -2.19. The van der Waals surface area contributed by atoms with Gasteiger partial charge in [0.15, 0.2) is 0 Å². The van der Waals surface area contributed by atoms with Gasteiger partial charge in [-0.15, -0.1) is 0 Å². The predicted molar refractivity (Wildman–Crippen MR) is 66.2 cm³/mol. The van der Waals surface area contributed by atoms with Crippen LogP contribution in [0.25, 0.3) is 0 Å². The fourth-order valence-corrected chi connectivity index (χ4v) is 2.31. The first-order valence-electron chi connectivity index (χ1n) is 6.17. The molecule has 0 aliphatic heterocycles. The summed E-state index contributed by atoms with van der Waals surface area (Å²) in [6.07, 6.45) is 3.23. The number of H-pyrrole nitrogens is 1. The molecule has 0 aromatic carbocycles. The second kappa shape index (κ2) is 4.92. The fraction of sp³-hybridized carbons (Fsp3) is 0.615. The Bertz CT molecular complexity index is 408. The lowest BCUT2D eigenvalue weighted by atomic mass is 10.1. The SMILES string of the molecule is Cc1cc(CCN(CC(=O)O)C2CC2)c(C)[nH]1. The van der Waals surface area contributed by atoms with Crippen LogP contribution >= 0.6 is 0 Å². The Hall–Kier alpha value is -1.29. The summed E-state index contributed by atoms with van der Waals surface area (Å²) in [7, 11) is 0. The molecule has 1 aromatic rings. The molecule has 0 atom stereocenters. The standard InChI is InChI=1S/C13H20N2O2/c1-9-7-11(10(2)14-9)5-6-15(8-13(16)17)12-3-4-12/h7,12,14H,3-6,8H2,1-2H3,(H,16,17). The molecule has 1 aliphatic rings. The van der Waals surface area contributed by atoms with Gasteiger partial charge in [0, 0.05) is 24.0 Å². The number of nitrogens with zero attached hydrogens (tertiary/aromatic N) is 1. The largest absolute Gasteiger partial charge is 0.480 e. The highest BCUT2D eigenvalue weighted by Crippen LogP contribution is 2.26. The van der Waals surface area contributed by atoms with E-state index in [9.17, 15) is 4.79 Å². The summed E-state index contributed by atoms with van der Waals surface area (Å²) >= 11 is 0. The van der Waals surface area contributed by atoms with Gasteiger partial charge in [0.1, 0.15) is 0 Å². The number of carbonyl (C=O) groups is 1. The van der Waals surface area contributed by atoms with E-state index in [2.05, 4.69) is 22.9 Å². The third-order valence-corrected chi connectivity index (χ3v) is 3.33. The first kappa shape index (κ1) is 12.2. The highest BCUT2D eigenvalue weighted by molar-refractivity contribution is 5.69. The minimum absolute atomic E-state index is 0.174.